The minimum Gasteiger partial charge on any atom is -0.321 e. The number of para-hydroxylation sites is 1. The fraction of sp³-hybridized carbons (Fsp3) is 0. The Balaban J connectivity index is 1.76. The molecule has 1 heterocycles. The standard InChI is InChI=1S/C20H13ClN4O2/c21-15-5-7-16(8-6-15)24-20(27)18-11-13(9-10-23-18)19(26)25-17-4-2-1-3-14(17)12-22/h1-11H,(H,24,27)(H,25,26). The van der Waals surface area contributed by atoms with E-state index < -0.39 is 11.8 Å². The summed E-state index contributed by atoms with van der Waals surface area (Å²) in [6, 6.07) is 18.2. The largest absolute Gasteiger partial charge is 0.321 e. The molecule has 6 nitrogen and oxygen atoms in total. The van der Waals surface area contributed by atoms with E-state index in [0.717, 1.165) is 0 Å². The average Bonchev–Trinajstić information content (AvgIpc) is 2.70. The third kappa shape index (κ3) is 4.48. The summed E-state index contributed by atoms with van der Waals surface area (Å²) in [5.41, 5.74) is 1.64. The summed E-state index contributed by atoms with van der Waals surface area (Å²) in [5, 5.41) is 15.0. The first-order valence-corrected chi connectivity index (χ1v) is 8.28. The summed E-state index contributed by atoms with van der Waals surface area (Å²) < 4.78 is 0. The van der Waals surface area contributed by atoms with Gasteiger partial charge in [0, 0.05) is 22.5 Å². The Hall–Kier alpha value is -3.69. The van der Waals surface area contributed by atoms with Crippen LogP contribution in [0.2, 0.25) is 5.02 Å². The average molecular weight is 377 g/mol. The highest BCUT2D eigenvalue weighted by atomic mass is 35.5. The summed E-state index contributed by atoms with van der Waals surface area (Å²) in [6.45, 7) is 0. The van der Waals surface area contributed by atoms with Crippen molar-refractivity contribution in [2.45, 2.75) is 0 Å². The normalized spacial score (nSPS) is 9.93. The molecule has 3 aromatic rings. The molecule has 0 unspecified atom stereocenters. The second-order valence-corrected chi connectivity index (χ2v) is 5.94. The third-order valence-corrected chi connectivity index (χ3v) is 3.90. The van der Waals surface area contributed by atoms with Crippen molar-refractivity contribution < 1.29 is 9.59 Å². The predicted molar refractivity (Wildman–Crippen MR) is 103 cm³/mol. The van der Waals surface area contributed by atoms with Crippen LogP contribution in [-0.2, 0) is 0 Å². The molecule has 0 saturated heterocycles. The molecular formula is C20H13ClN4O2. The molecule has 0 saturated carbocycles. The Labute approximate surface area is 160 Å². The molecule has 3 rings (SSSR count). The van der Waals surface area contributed by atoms with Gasteiger partial charge in [-0.05, 0) is 48.5 Å². The Kier molecular flexibility index (Phi) is 5.45. The second kappa shape index (κ2) is 8.13. The van der Waals surface area contributed by atoms with Crippen molar-refractivity contribution in [2.75, 3.05) is 10.6 Å². The highest BCUT2D eigenvalue weighted by molar-refractivity contribution is 6.30. The molecule has 0 radical (unpaired) electrons. The van der Waals surface area contributed by atoms with Crippen molar-refractivity contribution in [1.82, 2.24) is 4.98 Å². The van der Waals surface area contributed by atoms with E-state index in [4.69, 9.17) is 16.9 Å². The van der Waals surface area contributed by atoms with Crippen LogP contribution in [0, 0.1) is 11.3 Å². The molecule has 2 aromatic carbocycles. The van der Waals surface area contributed by atoms with Gasteiger partial charge in [0.05, 0.1) is 11.3 Å². The van der Waals surface area contributed by atoms with Crippen molar-refractivity contribution in [3.63, 3.8) is 0 Å². The zero-order valence-corrected chi connectivity index (χ0v) is 14.7. The summed E-state index contributed by atoms with van der Waals surface area (Å²) in [7, 11) is 0. The van der Waals surface area contributed by atoms with E-state index in [9.17, 15) is 9.59 Å². The smallest absolute Gasteiger partial charge is 0.274 e. The first kappa shape index (κ1) is 18.1. The number of nitrogens with zero attached hydrogens (tertiary/aromatic N) is 2. The Morgan fingerprint density at radius 3 is 2.44 bits per heavy atom. The molecule has 7 heteroatoms. The molecule has 0 aliphatic carbocycles. The van der Waals surface area contributed by atoms with Crippen molar-refractivity contribution in [1.29, 1.82) is 5.26 Å². The van der Waals surface area contributed by atoms with Crippen LogP contribution in [0.15, 0.2) is 66.9 Å². The molecule has 2 amide bonds. The molecule has 0 bridgehead atoms. The number of benzene rings is 2. The van der Waals surface area contributed by atoms with Gasteiger partial charge in [0.15, 0.2) is 0 Å². The van der Waals surface area contributed by atoms with Gasteiger partial charge >= 0.3 is 0 Å². The number of rotatable bonds is 4. The van der Waals surface area contributed by atoms with Crippen molar-refractivity contribution in [3.05, 3.63) is 88.7 Å². The number of amides is 2. The minimum absolute atomic E-state index is 0.0890. The van der Waals surface area contributed by atoms with E-state index in [1.807, 2.05) is 6.07 Å². The molecule has 0 aliphatic rings. The van der Waals surface area contributed by atoms with Gasteiger partial charge in [0.25, 0.3) is 11.8 Å². The zero-order chi connectivity index (χ0) is 19.2. The Bertz CT molecular complexity index is 1040. The number of carbonyl (C=O) groups excluding carboxylic acids is 2. The van der Waals surface area contributed by atoms with E-state index in [-0.39, 0.29) is 11.3 Å². The lowest BCUT2D eigenvalue weighted by Gasteiger charge is -2.08. The molecule has 27 heavy (non-hydrogen) atoms. The van der Waals surface area contributed by atoms with E-state index >= 15 is 0 Å². The van der Waals surface area contributed by atoms with Crippen LogP contribution in [-0.4, -0.2) is 16.8 Å². The zero-order valence-electron chi connectivity index (χ0n) is 13.9. The van der Waals surface area contributed by atoms with Gasteiger partial charge in [-0.2, -0.15) is 5.26 Å². The van der Waals surface area contributed by atoms with Gasteiger partial charge in [0.2, 0.25) is 0 Å². The first-order chi connectivity index (χ1) is 13.1. The first-order valence-electron chi connectivity index (χ1n) is 7.90. The van der Waals surface area contributed by atoms with Crippen LogP contribution in [0.25, 0.3) is 0 Å². The fourth-order valence-electron chi connectivity index (χ4n) is 2.31. The quantitative estimate of drug-likeness (QED) is 0.716. The number of nitriles is 1. The topological polar surface area (TPSA) is 94.9 Å². The monoisotopic (exact) mass is 376 g/mol. The van der Waals surface area contributed by atoms with Crippen molar-refractivity contribution in [3.8, 4) is 6.07 Å². The van der Waals surface area contributed by atoms with E-state index in [2.05, 4.69) is 15.6 Å². The van der Waals surface area contributed by atoms with Crippen LogP contribution in [0.3, 0.4) is 0 Å². The van der Waals surface area contributed by atoms with Crippen LogP contribution >= 0.6 is 11.6 Å². The Morgan fingerprint density at radius 2 is 1.70 bits per heavy atom. The van der Waals surface area contributed by atoms with Gasteiger partial charge in [-0.1, -0.05) is 23.7 Å². The predicted octanol–water partition coefficient (Wildman–Crippen LogP) is 4.11. The lowest BCUT2D eigenvalue weighted by molar-refractivity contribution is 0.102. The summed E-state index contributed by atoms with van der Waals surface area (Å²) in [4.78, 5) is 28.8. The highest BCUT2D eigenvalue weighted by Gasteiger charge is 2.13. The molecule has 0 atom stereocenters. The van der Waals surface area contributed by atoms with Gasteiger partial charge < -0.3 is 10.6 Å². The van der Waals surface area contributed by atoms with Crippen LogP contribution in [0.4, 0.5) is 11.4 Å². The van der Waals surface area contributed by atoms with E-state index in [1.165, 1.54) is 18.3 Å². The highest BCUT2D eigenvalue weighted by Crippen LogP contribution is 2.16. The number of hydrogen-bond acceptors (Lipinski definition) is 4. The van der Waals surface area contributed by atoms with Crippen molar-refractivity contribution in [2.24, 2.45) is 0 Å². The molecule has 132 valence electrons. The van der Waals surface area contributed by atoms with E-state index in [0.29, 0.717) is 22.0 Å². The maximum atomic E-state index is 12.5. The summed E-state index contributed by atoms with van der Waals surface area (Å²) >= 11 is 5.82. The van der Waals surface area contributed by atoms with Gasteiger partial charge in [-0.3, -0.25) is 14.6 Å². The van der Waals surface area contributed by atoms with Crippen molar-refractivity contribution >= 4 is 34.8 Å². The van der Waals surface area contributed by atoms with Gasteiger partial charge in [0.1, 0.15) is 11.8 Å². The molecular weight excluding hydrogens is 364 g/mol. The van der Waals surface area contributed by atoms with Crippen LogP contribution in [0.5, 0.6) is 0 Å². The number of anilines is 2. The second-order valence-electron chi connectivity index (χ2n) is 5.50. The number of pyridine rings is 1. The Morgan fingerprint density at radius 1 is 0.963 bits per heavy atom. The molecule has 2 N–H and O–H groups in total. The van der Waals surface area contributed by atoms with Gasteiger partial charge in [-0.15, -0.1) is 0 Å². The number of aromatic nitrogens is 1. The lowest BCUT2D eigenvalue weighted by Crippen LogP contribution is -2.17. The summed E-state index contributed by atoms with van der Waals surface area (Å²) in [6.07, 6.45) is 1.38. The van der Waals surface area contributed by atoms with Crippen LogP contribution < -0.4 is 10.6 Å². The maximum Gasteiger partial charge on any atom is 0.274 e. The van der Waals surface area contributed by atoms with E-state index in [1.54, 1.807) is 48.5 Å². The lowest BCUT2D eigenvalue weighted by atomic mass is 10.1. The minimum atomic E-state index is -0.454. The van der Waals surface area contributed by atoms with Crippen LogP contribution in [0.1, 0.15) is 26.4 Å². The molecule has 0 aliphatic heterocycles. The molecule has 0 fully saturated rings. The third-order valence-electron chi connectivity index (χ3n) is 3.65. The number of halogens is 1. The SMILES string of the molecule is N#Cc1ccccc1NC(=O)c1ccnc(C(=O)Nc2ccc(Cl)cc2)c1. The number of carbonyl (C=O) groups is 2. The molecule has 1 aromatic heterocycles. The summed E-state index contributed by atoms with van der Waals surface area (Å²) in [5.74, 6) is -0.898. The number of nitrogens with one attached hydrogen (secondary N) is 2. The van der Waals surface area contributed by atoms with Gasteiger partial charge in [-0.25, -0.2) is 0 Å². The maximum absolute atomic E-state index is 12.5. The number of hydrogen-bond donors (Lipinski definition) is 2. The molecule has 0 spiro atoms. The fourth-order valence-corrected chi connectivity index (χ4v) is 2.43.